The number of hydrogen-bond donors (Lipinski definition) is 1. The number of ether oxygens (including phenoxy) is 1. The maximum atomic E-state index is 12.3. The summed E-state index contributed by atoms with van der Waals surface area (Å²) in [4.78, 5) is 14.1. The van der Waals surface area contributed by atoms with Crippen LogP contribution in [0.15, 0.2) is 24.3 Å². The number of amides is 1. The summed E-state index contributed by atoms with van der Waals surface area (Å²) in [5.41, 5.74) is 2.27. The van der Waals surface area contributed by atoms with E-state index in [1.807, 2.05) is 25.7 Å². The van der Waals surface area contributed by atoms with Gasteiger partial charge in [-0.25, -0.2) is 4.79 Å². The molecule has 0 radical (unpaired) electrons. The third-order valence-electron chi connectivity index (χ3n) is 4.19. The molecule has 0 spiro atoms. The third kappa shape index (κ3) is 3.80. The minimum Gasteiger partial charge on any atom is -0.444 e. The van der Waals surface area contributed by atoms with E-state index in [1.165, 1.54) is 24.0 Å². The summed E-state index contributed by atoms with van der Waals surface area (Å²) in [5, 5.41) is 3.52. The van der Waals surface area contributed by atoms with Gasteiger partial charge in [-0.05, 0) is 50.7 Å². The minimum atomic E-state index is -0.441. The highest BCUT2D eigenvalue weighted by atomic mass is 16.6. The maximum absolute atomic E-state index is 12.3. The molecule has 0 aromatic heterocycles. The van der Waals surface area contributed by atoms with Gasteiger partial charge in [0.1, 0.15) is 5.60 Å². The molecule has 1 aliphatic carbocycles. The van der Waals surface area contributed by atoms with Crippen molar-refractivity contribution in [3.05, 3.63) is 35.4 Å². The lowest BCUT2D eigenvalue weighted by Crippen LogP contribution is -2.49. The first-order valence-electron chi connectivity index (χ1n) is 8.23. The number of nitrogens with zero attached hydrogens (tertiary/aromatic N) is 1. The van der Waals surface area contributed by atoms with Crippen LogP contribution in [0.2, 0.25) is 0 Å². The molecule has 1 aromatic rings. The zero-order valence-electron chi connectivity index (χ0n) is 13.8. The zero-order valence-corrected chi connectivity index (χ0v) is 13.8. The molecule has 1 saturated carbocycles. The fourth-order valence-electron chi connectivity index (χ4n) is 2.91. The van der Waals surface area contributed by atoms with E-state index >= 15 is 0 Å². The molecule has 1 unspecified atom stereocenters. The highest BCUT2D eigenvalue weighted by Crippen LogP contribution is 2.40. The van der Waals surface area contributed by atoms with E-state index in [9.17, 15) is 4.79 Å². The smallest absolute Gasteiger partial charge is 0.410 e. The van der Waals surface area contributed by atoms with E-state index in [0.717, 1.165) is 12.5 Å². The molecule has 1 saturated heterocycles. The fraction of sp³-hybridized carbons (Fsp3) is 0.611. The molecule has 1 aliphatic heterocycles. The predicted octanol–water partition coefficient (Wildman–Crippen LogP) is 3.45. The van der Waals surface area contributed by atoms with Gasteiger partial charge in [-0.3, -0.25) is 0 Å². The van der Waals surface area contributed by atoms with Crippen molar-refractivity contribution >= 4 is 6.09 Å². The van der Waals surface area contributed by atoms with Crippen LogP contribution in [0.25, 0.3) is 0 Å². The van der Waals surface area contributed by atoms with Gasteiger partial charge in [0.15, 0.2) is 0 Å². The van der Waals surface area contributed by atoms with Gasteiger partial charge < -0.3 is 15.0 Å². The van der Waals surface area contributed by atoms with E-state index in [2.05, 4.69) is 29.6 Å². The third-order valence-corrected chi connectivity index (χ3v) is 4.19. The van der Waals surface area contributed by atoms with Crippen molar-refractivity contribution in [1.29, 1.82) is 0 Å². The van der Waals surface area contributed by atoms with Gasteiger partial charge in [0.25, 0.3) is 0 Å². The standard InChI is InChI=1S/C18H26N2O2/c1-18(2,3)22-17(21)20-10-9-19-16(12-20)15-6-4-5-14(11-15)13-7-8-13/h4-6,11,13,16,19H,7-10,12H2,1-3H3. The average Bonchev–Trinajstić information content (AvgIpc) is 3.30. The quantitative estimate of drug-likeness (QED) is 0.910. The van der Waals surface area contributed by atoms with Crippen molar-refractivity contribution in [3.63, 3.8) is 0 Å². The molecule has 1 amide bonds. The monoisotopic (exact) mass is 302 g/mol. The maximum Gasteiger partial charge on any atom is 0.410 e. The molecule has 1 aromatic carbocycles. The van der Waals surface area contributed by atoms with Crippen LogP contribution >= 0.6 is 0 Å². The summed E-state index contributed by atoms with van der Waals surface area (Å²) >= 11 is 0. The SMILES string of the molecule is CC(C)(C)OC(=O)N1CCNC(c2cccc(C3CC3)c2)C1. The molecular weight excluding hydrogens is 276 g/mol. The molecule has 2 fully saturated rings. The first kappa shape index (κ1) is 15.3. The molecule has 4 heteroatoms. The van der Waals surface area contributed by atoms with Gasteiger partial charge in [-0.1, -0.05) is 24.3 Å². The summed E-state index contributed by atoms with van der Waals surface area (Å²) in [7, 11) is 0. The van der Waals surface area contributed by atoms with Crippen LogP contribution in [0.3, 0.4) is 0 Å². The van der Waals surface area contributed by atoms with Crippen LogP contribution in [-0.2, 0) is 4.74 Å². The van der Waals surface area contributed by atoms with Crippen molar-refractivity contribution < 1.29 is 9.53 Å². The van der Waals surface area contributed by atoms with Crippen LogP contribution in [0, 0.1) is 0 Å². The van der Waals surface area contributed by atoms with Gasteiger partial charge in [0, 0.05) is 19.6 Å². The molecule has 3 rings (SSSR count). The molecule has 120 valence electrons. The molecule has 1 heterocycles. The largest absolute Gasteiger partial charge is 0.444 e. The number of nitrogens with one attached hydrogen (secondary N) is 1. The number of carbonyl (C=O) groups is 1. The number of benzene rings is 1. The Kier molecular flexibility index (Phi) is 4.13. The van der Waals surface area contributed by atoms with Crippen LogP contribution in [0.5, 0.6) is 0 Å². The van der Waals surface area contributed by atoms with Crippen molar-refractivity contribution in [2.45, 2.75) is 51.2 Å². The van der Waals surface area contributed by atoms with Crippen molar-refractivity contribution in [2.24, 2.45) is 0 Å². The molecule has 0 bridgehead atoms. The van der Waals surface area contributed by atoms with Crippen LogP contribution < -0.4 is 5.32 Å². The Morgan fingerprint density at radius 2 is 2.00 bits per heavy atom. The molecule has 1 atom stereocenters. The Bertz CT molecular complexity index is 546. The topological polar surface area (TPSA) is 41.6 Å². The van der Waals surface area contributed by atoms with Crippen LogP contribution in [0.1, 0.15) is 56.7 Å². The summed E-state index contributed by atoms with van der Waals surface area (Å²) in [5.74, 6) is 0.755. The zero-order chi connectivity index (χ0) is 15.7. The molecular formula is C18H26N2O2. The van der Waals surface area contributed by atoms with E-state index in [0.29, 0.717) is 13.1 Å². The summed E-state index contributed by atoms with van der Waals surface area (Å²) in [6, 6.07) is 9.00. The number of rotatable bonds is 2. The van der Waals surface area contributed by atoms with Crippen molar-refractivity contribution in [2.75, 3.05) is 19.6 Å². The van der Waals surface area contributed by atoms with Crippen LogP contribution in [0.4, 0.5) is 4.79 Å². The Morgan fingerprint density at radius 1 is 1.27 bits per heavy atom. The average molecular weight is 302 g/mol. The van der Waals surface area contributed by atoms with Gasteiger partial charge in [0.2, 0.25) is 0 Å². The summed E-state index contributed by atoms with van der Waals surface area (Å²) in [6.07, 6.45) is 2.41. The molecule has 1 N–H and O–H groups in total. The van der Waals surface area contributed by atoms with E-state index in [-0.39, 0.29) is 12.1 Å². The van der Waals surface area contributed by atoms with Gasteiger partial charge in [0.05, 0.1) is 6.04 Å². The first-order valence-corrected chi connectivity index (χ1v) is 8.23. The van der Waals surface area contributed by atoms with E-state index in [1.54, 1.807) is 0 Å². The van der Waals surface area contributed by atoms with Gasteiger partial charge in [-0.2, -0.15) is 0 Å². The lowest BCUT2D eigenvalue weighted by atomic mass is 10.00. The lowest BCUT2D eigenvalue weighted by Gasteiger charge is -2.35. The highest BCUT2D eigenvalue weighted by molar-refractivity contribution is 5.68. The summed E-state index contributed by atoms with van der Waals surface area (Å²) < 4.78 is 5.49. The lowest BCUT2D eigenvalue weighted by molar-refractivity contribution is 0.0195. The second-order valence-corrected chi connectivity index (χ2v) is 7.38. The van der Waals surface area contributed by atoms with Crippen LogP contribution in [-0.4, -0.2) is 36.2 Å². The molecule has 2 aliphatic rings. The normalized spacial score (nSPS) is 22.5. The van der Waals surface area contributed by atoms with Crippen molar-refractivity contribution in [1.82, 2.24) is 10.2 Å². The molecule has 22 heavy (non-hydrogen) atoms. The number of piperazine rings is 1. The van der Waals surface area contributed by atoms with E-state index in [4.69, 9.17) is 4.74 Å². The Balaban J connectivity index is 1.67. The number of hydrogen-bond acceptors (Lipinski definition) is 3. The minimum absolute atomic E-state index is 0.194. The van der Waals surface area contributed by atoms with Crippen molar-refractivity contribution in [3.8, 4) is 0 Å². The Hall–Kier alpha value is -1.55. The fourth-order valence-corrected chi connectivity index (χ4v) is 2.91. The first-order chi connectivity index (χ1) is 10.4. The van der Waals surface area contributed by atoms with Gasteiger partial charge in [-0.15, -0.1) is 0 Å². The summed E-state index contributed by atoms with van der Waals surface area (Å²) in [6.45, 7) is 7.89. The molecule has 4 nitrogen and oxygen atoms in total. The second-order valence-electron chi connectivity index (χ2n) is 7.38. The van der Waals surface area contributed by atoms with E-state index < -0.39 is 5.60 Å². The number of carbonyl (C=O) groups excluding carboxylic acids is 1. The second kappa shape index (κ2) is 5.92. The predicted molar refractivity (Wildman–Crippen MR) is 87.0 cm³/mol. The Morgan fingerprint density at radius 3 is 2.68 bits per heavy atom. The van der Waals surface area contributed by atoms with Gasteiger partial charge >= 0.3 is 6.09 Å². The highest BCUT2D eigenvalue weighted by Gasteiger charge is 2.29. The Labute approximate surface area is 132 Å².